The molecule has 0 aliphatic heterocycles. The van der Waals surface area contributed by atoms with E-state index < -0.39 is 17.9 Å². The molecule has 2 unspecified atom stereocenters. The van der Waals surface area contributed by atoms with Gasteiger partial charge in [0.05, 0.1) is 5.92 Å². The normalized spacial score (nSPS) is 27.7. The first-order chi connectivity index (χ1) is 6.61. The van der Waals surface area contributed by atoms with Gasteiger partial charge in [-0.15, -0.1) is 0 Å². The van der Waals surface area contributed by atoms with E-state index in [2.05, 4.69) is 5.32 Å². The molecule has 0 aromatic carbocycles. The van der Waals surface area contributed by atoms with Gasteiger partial charge < -0.3 is 16.2 Å². The maximum atomic E-state index is 10.9. The number of primary amides is 1. The molecule has 1 aliphatic carbocycles. The summed E-state index contributed by atoms with van der Waals surface area (Å²) in [6.07, 6.45) is 4.23. The lowest BCUT2D eigenvalue weighted by Crippen LogP contribution is -2.45. The molecule has 2 amide bonds. The summed E-state index contributed by atoms with van der Waals surface area (Å²) in [5, 5.41) is 11.5. The molecule has 1 aliphatic rings. The number of carbonyl (C=O) groups excluding carboxylic acids is 1. The molecule has 1 fully saturated rings. The molecule has 0 heterocycles. The Morgan fingerprint density at radius 3 is 2.43 bits per heavy atom. The molecule has 1 saturated carbocycles. The number of aliphatic carboxylic acids is 1. The molecule has 5 heteroatoms. The van der Waals surface area contributed by atoms with Crippen molar-refractivity contribution in [3.8, 4) is 0 Å². The zero-order valence-electron chi connectivity index (χ0n) is 8.03. The Morgan fingerprint density at radius 1 is 1.21 bits per heavy atom. The maximum Gasteiger partial charge on any atom is 0.312 e. The largest absolute Gasteiger partial charge is 0.481 e. The first-order valence-electron chi connectivity index (χ1n) is 4.90. The highest BCUT2D eigenvalue weighted by molar-refractivity contribution is 5.75. The van der Waals surface area contributed by atoms with Crippen molar-refractivity contribution in [1.82, 2.24) is 5.32 Å². The van der Waals surface area contributed by atoms with E-state index in [0.717, 1.165) is 19.3 Å². The third kappa shape index (κ3) is 2.90. The summed E-state index contributed by atoms with van der Waals surface area (Å²) in [5.41, 5.74) is 4.99. The number of nitrogens with two attached hydrogens (primary N) is 1. The third-order valence-electron chi connectivity index (χ3n) is 2.66. The van der Waals surface area contributed by atoms with Crippen LogP contribution in [0.1, 0.15) is 32.1 Å². The summed E-state index contributed by atoms with van der Waals surface area (Å²) in [4.78, 5) is 21.6. The van der Waals surface area contributed by atoms with Gasteiger partial charge >= 0.3 is 12.0 Å². The van der Waals surface area contributed by atoms with Crippen molar-refractivity contribution in [2.75, 3.05) is 0 Å². The molecule has 80 valence electrons. The van der Waals surface area contributed by atoms with Gasteiger partial charge in [-0.1, -0.05) is 19.3 Å². The van der Waals surface area contributed by atoms with E-state index in [1.807, 2.05) is 0 Å². The van der Waals surface area contributed by atoms with E-state index >= 15 is 0 Å². The summed E-state index contributed by atoms with van der Waals surface area (Å²) in [6, 6.07) is -0.935. The van der Waals surface area contributed by atoms with Crippen LogP contribution in [0.2, 0.25) is 0 Å². The Labute approximate surface area is 82.7 Å². The minimum absolute atomic E-state index is 0.299. The van der Waals surface area contributed by atoms with Gasteiger partial charge in [0.2, 0.25) is 0 Å². The van der Waals surface area contributed by atoms with Crippen LogP contribution < -0.4 is 11.1 Å². The second-order valence-electron chi connectivity index (χ2n) is 3.70. The maximum absolute atomic E-state index is 10.9. The Bertz CT molecular complexity index is 230. The molecule has 5 nitrogen and oxygen atoms in total. The smallest absolute Gasteiger partial charge is 0.312 e. The quantitative estimate of drug-likeness (QED) is 0.572. The molecular weight excluding hydrogens is 184 g/mol. The number of amides is 2. The van der Waals surface area contributed by atoms with Crippen LogP contribution in [-0.4, -0.2) is 23.1 Å². The van der Waals surface area contributed by atoms with Crippen molar-refractivity contribution in [2.45, 2.75) is 38.1 Å². The topological polar surface area (TPSA) is 92.4 Å². The van der Waals surface area contributed by atoms with Crippen molar-refractivity contribution >= 4 is 12.0 Å². The fraction of sp³-hybridized carbons (Fsp3) is 0.778. The molecule has 2 atom stereocenters. The van der Waals surface area contributed by atoms with E-state index in [0.29, 0.717) is 12.8 Å². The molecule has 1 rings (SSSR count). The highest BCUT2D eigenvalue weighted by atomic mass is 16.4. The van der Waals surface area contributed by atoms with E-state index in [-0.39, 0.29) is 6.04 Å². The Morgan fingerprint density at radius 2 is 1.86 bits per heavy atom. The molecule has 14 heavy (non-hydrogen) atoms. The molecule has 0 radical (unpaired) electrons. The molecular formula is C9H16N2O3. The fourth-order valence-corrected chi connectivity index (χ4v) is 1.96. The minimum atomic E-state index is -0.842. The zero-order valence-corrected chi connectivity index (χ0v) is 8.03. The Balaban J connectivity index is 2.63. The molecule has 0 saturated heterocycles. The van der Waals surface area contributed by atoms with Gasteiger partial charge in [-0.3, -0.25) is 4.79 Å². The van der Waals surface area contributed by atoms with E-state index in [9.17, 15) is 9.59 Å². The molecule has 4 N–H and O–H groups in total. The van der Waals surface area contributed by atoms with E-state index in [4.69, 9.17) is 10.8 Å². The summed E-state index contributed by atoms with van der Waals surface area (Å²) in [7, 11) is 0. The molecule has 0 bridgehead atoms. The van der Waals surface area contributed by atoms with Crippen molar-refractivity contribution in [3.63, 3.8) is 0 Å². The third-order valence-corrected chi connectivity index (χ3v) is 2.66. The highest BCUT2D eigenvalue weighted by Gasteiger charge is 2.29. The average Bonchev–Trinajstić information content (AvgIpc) is 2.28. The summed E-state index contributed by atoms with van der Waals surface area (Å²) < 4.78 is 0. The Kier molecular flexibility index (Phi) is 3.73. The van der Waals surface area contributed by atoms with Gasteiger partial charge in [-0.2, -0.15) is 0 Å². The summed E-state index contributed by atoms with van der Waals surface area (Å²) in [5.74, 6) is -1.32. The van der Waals surface area contributed by atoms with Crippen LogP contribution in [0.4, 0.5) is 4.79 Å². The zero-order chi connectivity index (χ0) is 10.6. The van der Waals surface area contributed by atoms with Crippen molar-refractivity contribution < 1.29 is 14.7 Å². The lowest BCUT2D eigenvalue weighted by atomic mass is 9.95. The number of carbonyl (C=O) groups is 2. The predicted octanol–water partition coefficient (Wildman–Crippen LogP) is 0.688. The van der Waals surface area contributed by atoms with Crippen LogP contribution in [-0.2, 0) is 4.79 Å². The summed E-state index contributed by atoms with van der Waals surface area (Å²) in [6.45, 7) is 0. The number of nitrogens with one attached hydrogen (secondary N) is 1. The summed E-state index contributed by atoms with van der Waals surface area (Å²) >= 11 is 0. The number of hydrogen-bond acceptors (Lipinski definition) is 2. The van der Waals surface area contributed by atoms with Crippen LogP contribution in [0.3, 0.4) is 0 Å². The van der Waals surface area contributed by atoms with Gasteiger partial charge in [0.25, 0.3) is 0 Å². The van der Waals surface area contributed by atoms with Crippen LogP contribution in [0, 0.1) is 5.92 Å². The van der Waals surface area contributed by atoms with Crippen LogP contribution in [0.25, 0.3) is 0 Å². The molecule has 0 aromatic rings. The number of rotatable bonds is 2. The van der Waals surface area contributed by atoms with E-state index in [1.165, 1.54) is 0 Å². The van der Waals surface area contributed by atoms with Crippen molar-refractivity contribution in [1.29, 1.82) is 0 Å². The van der Waals surface area contributed by atoms with Gasteiger partial charge in [0.15, 0.2) is 0 Å². The average molecular weight is 200 g/mol. The predicted molar refractivity (Wildman–Crippen MR) is 50.7 cm³/mol. The van der Waals surface area contributed by atoms with Crippen LogP contribution >= 0.6 is 0 Å². The number of carboxylic acid groups (broad SMARTS) is 1. The standard InChI is InChI=1S/C9H16N2O3/c10-9(14)11-7-5-3-1-2-4-6(7)8(12)13/h6-7H,1-5H2,(H,12,13)(H3,10,11,14). The number of urea groups is 1. The number of hydrogen-bond donors (Lipinski definition) is 3. The first kappa shape index (κ1) is 10.8. The minimum Gasteiger partial charge on any atom is -0.481 e. The lowest BCUT2D eigenvalue weighted by Gasteiger charge is -2.21. The SMILES string of the molecule is NC(=O)NC1CCCCCC1C(=O)O. The van der Waals surface area contributed by atoms with Gasteiger partial charge in [-0.25, -0.2) is 4.79 Å². The lowest BCUT2D eigenvalue weighted by molar-refractivity contribution is -0.142. The van der Waals surface area contributed by atoms with Gasteiger partial charge in [0.1, 0.15) is 0 Å². The van der Waals surface area contributed by atoms with Crippen molar-refractivity contribution in [2.24, 2.45) is 11.7 Å². The fourth-order valence-electron chi connectivity index (χ4n) is 1.96. The van der Waals surface area contributed by atoms with E-state index in [1.54, 1.807) is 0 Å². The Hall–Kier alpha value is -1.26. The monoisotopic (exact) mass is 200 g/mol. The van der Waals surface area contributed by atoms with Crippen LogP contribution in [0.15, 0.2) is 0 Å². The van der Waals surface area contributed by atoms with Crippen molar-refractivity contribution in [3.05, 3.63) is 0 Å². The molecule has 0 aromatic heterocycles. The van der Waals surface area contributed by atoms with Gasteiger partial charge in [-0.05, 0) is 12.8 Å². The highest BCUT2D eigenvalue weighted by Crippen LogP contribution is 2.23. The molecule has 0 spiro atoms. The second-order valence-corrected chi connectivity index (χ2v) is 3.70. The number of carboxylic acids is 1. The second kappa shape index (κ2) is 4.83. The first-order valence-corrected chi connectivity index (χ1v) is 4.90. The van der Waals surface area contributed by atoms with Gasteiger partial charge in [0, 0.05) is 6.04 Å². The van der Waals surface area contributed by atoms with Crippen LogP contribution in [0.5, 0.6) is 0 Å².